The minimum atomic E-state index is -0.244. The Morgan fingerprint density at radius 2 is 1.86 bits per heavy atom. The van der Waals surface area contributed by atoms with Gasteiger partial charge >= 0.3 is 11.9 Å². The van der Waals surface area contributed by atoms with Crippen molar-refractivity contribution >= 4 is 11.9 Å². The average molecular weight is 387 g/mol. The summed E-state index contributed by atoms with van der Waals surface area (Å²) in [5.74, 6) is 0.235. The van der Waals surface area contributed by atoms with Gasteiger partial charge < -0.3 is 9.47 Å². The van der Waals surface area contributed by atoms with Crippen molar-refractivity contribution in [2.45, 2.75) is 84.7 Å². The van der Waals surface area contributed by atoms with Crippen LogP contribution in [-0.4, -0.2) is 18.5 Å². The highest BCUT2D eigenvalue weighted by Gasteiger charge is 2.54. The average Bonchev–Trinajstić information content (AvgIpc) is 2.61. The smallest absolute Gasteiger partial charge is 0.303 e. The summed E-state index contributed by atoms with van der Waals surface area (Å²) in [7, 11) is 0. The number of carbonyl (C=O) groups excluding carboxylic acids is 2. The first-order chi connectivity index (χ1) is 13.1. The van der Waals surface area contributed by atoms with Gasteiger partial charge in [-0.3, -0.25) is 9.59 Å². The third-order valence-electron chi connectivity index (χ3n) is 7.12. The van der Waals surface area contributed by atoms with E-state index in [2.05, 4.69) is 45.9 Å². The maximum atomic E-state index is 11.9. The van der Waals surface area contributed by atoms with E-state index in [1.807, 2.05) is 0 Å². The van der Waals surface area contributed by atoms with Crippen LogP contribution < -0.4 is 0 Å². The van der Waals surface area contributed by atoms with Crippen LogP contribution >= 0.6 is 0 Å². The zero-order valence-corrected chi connectivity index (χ0v) is 18.1. The summed E-state index contributed by atoms with van der Waals surface area (Å²) in [6.45, 7) is 12.3. The van der Waals surface area contributed by atoms with Crippen LogP contribution in [0.15, 0.2) is 18.2 Å². The quantitative estimate of drug-likeness (QED) is 0.646. The van der Waals surface area contributed by atoms with Crippen LogP contribution in [0.4, 0.5) is 0 Å². The molecule has 0 spiro atoms. The minimum Gasteiger partial charge on any atom is -0.465 e. The molecule has 2 aliphatic rings. The molecule has 154 valence electrons. The van der Waals surface area contributed by atoms with Gasteiger partial charge in [0.25, 0.3) is 0 Å². The van der Waals surface area contributed by atoms with Gasteiger partial charge in [0.2, 0.25) is 0 Å². The van der Waals surface area contributed by atoms with Gasteiger partial charge in [0.15, 0.2) is 0 Å². The highest BCUT2D eigenvalue weighted by Crippen LogP contribution is 2.60. The Balaban J connectivity index is 2.08. The Hall–Kier alpha value is -1.84. The van der Waals surface area contributed by atoms with Gasteiger partial charge in [-0.1, -0.05) is 52.3 Å². The molecule has 1 saturated carbocycles. The molecule has 0 aromatic heterocycles. The summed E-state index contributed by atoms with van der Waals surface area (Å²) in [5.41, 5.74) is 3.61. The highest BCUT2D eigenvalue weighted by atomic mass is 16.5. The van der Waals surface area contributed by atoms with Crippen molar-refractivity contribution in [3.05, 3.63) is 34.9 Å². The Morgan fingerprint density at radius 1 is 1.14 bits per heavy atom. The van der Waals surface area contributed by atoms with Crippen molar-refractivity contribution in [1.82, 2.24) is 0 Å². The largest absolute Gasteiger partial charge is 0.465 e. The predicted octanol–water partition coefficient (Wildman–Crippen LogP) is 5.45. The van der Waals surface area contributed by atoms with E-state index in [0.717, 1.165) is 31.2 Å². The lowest BCUT2D eigenvalue weighted by molar-refractivity contribution is -0.154. The second-order valence-electron chi connectivity index (χ2n) is 9.59. The van der Waals surface area contributed by atoms with Gasteiger partial charge in [-0.25, -0.2) is 0 Å². The maximum Gasteiger partial charge on any atom is 0.303 e. The van der Waals surface area contributed by atoms with Crippen molar-refractivity contribution in [2.24, 2.45) is 11.3 Å². The molecule has 0 N–H and O–H groups in total. The normalized spacial score (nSPS) is 31.7. The molecule has 0 heterocycles. The fraction of sp³-hybridized carbons (Fsp3) is 0.667. The molecule has 0 bridgehead atoms. The topological polar surface area (TPSA) is 52.6 Å². The van der Waals surface area contributed by atoms with Crippen molar-refractivity contribution in [1.29, 1.82) is 0 Å². The van der Waals surface area contributed by atoms with Crippen LogP contribution in [0.5, 0.6) is 0 Å². The molecule has 4 atom stereocenters. The lowest BCUT2D eigenvalue weighted by Gasteiger charge is -2.56. The molecule has 1 aromatic rings. The minimum absolute atomic E-state index is 0.00532. The molecule has 2 aliphatic carbocycles. The molecule has 28 heavy (non-hydrogen) atoms. The summed E-state index contributed by atoms with van der Waals surface area (Å²) < 4.78 is 11.3. The molecular formula is C24H34O4. The van der Waals surface area contributed by atoms with Crippen molar-refractivity contribution in [2.75, 3.05) is 6.61 Å². The molecule has 0 aliphatic heterocycles. The second-order valence-corrected chi connectivity index (χ2v) is 9.59. The van der Waals surface area contributed by atoms with Gasteiger partial charge in [-0.2, -0.15) is 0 Å². The highest BCUT2D eigenvalue weighted by molar-refractivity contribution is 5.67. The van der Waals surface area contributed by atoms with Gasteiger partial charge in [-0.15, -0.1) is 0 Å². The number of fused-ring (bicyclic) bond motifs is 3. The number of hydrogen-bond donors (Lipinski definition) is 0. The number of benzene rings is 1. The zero-order chi connectivity index (χ0) is 20.7. The van der Waals surface area contributed by atoms with Crippen molar-refractivity contribution < 1.29 is 19.1 Å². The number of carbonyl (C=O) groups is 2. The van der Waals surface area contributed by atoms with E-state index in [-0.39, 0.29) is 34.8 Å². The number of esters is 2. The third-order valence-corrected chi connectivity index (χ3v) is 7.12. The van der Waals surface area contributed by atoms with Crippen LogP contribution in [0.25, 0.3) is 0 Å². The summed E-state index contributed by atoms with van der Waals surface area (Å²) >= 11 is 0. The molecule has 0 unspecified atom stereocenters. The maximum absolute atomic E-state index is 11.9. The first-order valence-corrected chi connectivity index (χ1v) is 10.5. The summed E-state index contributed by atoms with van der Waals surface area (Å²) in [5, 5.41) is 0. The van der Waals surface area contributed by atoms with Gasteiger partial charge in [-0.05, 0) is 53.2 Å². The molecule has 4 heteroatoms. The Bertz CT molecular complexity index is 768. The Labute approximate surface area is 169 Å². The first kappa shape index (κ1) is 20.9. The van der Waals surface area contributed by atoms with Crippen LogP contribution in [0.1, 0.15) is 95.9 Å². The van der Waals surface area contributed by atoms with Crippen molar-refractivity contribution in [3.8, 4) is 0 Å². The standard InChI is InChI=1S/C24H34O4/c1-15(2)18-8-9-20-19(12-18)21(28-17(4)26)13-22-23(5,14-27-16(3)25)10-7-11-24(20,22)6/h8-9,12,15,21-22H,7,10-11,13-14H2,1-6H3/t21-,22+,23+,24-/m1/s1. The van der Waals surface area contributed by atoms with E-state index in [1.165, 1.54) is 25.0 Å². The molecule has 0 amide bonds. The van der Waals surface area contributed by atoms with Crippen molar-refractivity contribution in [3.63, 3.8) is 0 Å². The predicted molar refractivity (Wildman–Crippen MR) is 109 cm³/mol. The summed E-state index contributed by atoms with van der Waals surface area (Å²) in [4.78, 5) is 23.4. The molecule has 1 aromatic carbocycles. The van der Waals surface area contributed by atoms with E-state index in [0.29, 0.717) is 12.5 Å². The van der Waals surface area contributed by atoms with Crippen LogP contribution in [0.3, 0.4) is 0 Å². The van der Waals surface area contributed by atoms with E-state index >= 15 is 0 Å². The Morgan fingerprint density at radius 3 is 2.46 bits per heavy atom. The van der Waals surface area contributed by atoms with E-state index in [9.17, 15) is 9.59 Å². The summed E-state index contributed by atoms with van der Waals surface area (Å²) in [6.07, 6.45) is 3.77. The van der Waals surface area contributed by atoms with Gasteiger partial charge in [0.05, 0.1) is 6.61 Å². The lowest BCUT2D eigenvalue weighted by Crippen LogP contribution is -2.52. The molecule has 0 radical (unpaired) electrons. The molecular weight excluding hydrogens is 352 g/mol. The molecule has 4 nitrogen and oxygen atoms in total. The number of ether oxygens (including phenoxy) is 2. The van der Waals surface area contributed by atoms with E-state index < -0.39 is 0 Å². The first-order valence-electron chi connectivity index (χ1n) is 10.5. The van der Waals surface area contributed by atoms with Crippen LogP contribution in [0.2, 0.25) is 0 Å². The second kappa shape index (κ2) is 7.53. The monoisotopic (exact) mass is 386 g/mol. The lowest BCUT2D eigenvalue weighted by atomic mass is 9.49. The third kappa shape index (κ3) is 3.70. The van der Waals surface area contributed by atoms with Crippen LogP contribution in [0, 0.1) is 11.3 Å². The SMILES string of the molecule is CC(=O)OC[C@]1(C)CCC[C@]2(C)c3ccc(C(C)C)cc3[C@H](OC(C)=O)C[C@@H]12. The van der Waals surface area contributed by atoms with Gasteiger partial charge in [0.1, 0.15) is 6.10 Å². The van der Waals surface area contributed by atoms with Crippen LogP contribution in [-0.2, 0) is 24.5 Å². The fourth-order valence-electron chi connectivity index (χ4n) is 5.66. The molecule has 0 saturated heterocycles. The summed E-state index contributed by atoms with van der Waals surface area (Å²) in [6, 6.07) is 6.72. The Kier molecular flexibility index (Phi) is 5.62. The fourth-order valence-corrected chi connectivity index (χ4v) is 5.66. The number of rotatable bonds is 4. The van der Waals surface area contributed by atoms with E-state index in [4.69, 9.17) is 9.47 Å². The van der Waals surface area contributed by atoms with Gasteiger partial charge in [0, 0.05) is 19.3 Å². The molecule has 3 rings (SSSR count). The number of hydrogen-bond acceptors (Lipinski definition) is 4. The zero-order valence-electron chi connectivity index (χ0n) is 18.1. The van der Waals surface area contributed by atoms with E-state index in [1.54, 1.807) is 0 Å². The molecule has 1 fully saturated rings.